The van der Waals surface area contributed by atoms with Crippen LogP contribution >= 0.6 is 0 Å². The van der Waals surface area contributed by atoms with Crippen molar-refractivity contribution in [3.8, 4) is 0 Å². The van der Waals surface area contributed by atoms with Gasteiger partial charge in [-0.25, -0.2) is 4.98 Å². The molecule has 1 aromatic heterocycles. The quantitative estimate of drug-likeness (QED) is 0.852. The van der Waals surface area contributed by atoms with Gasteiger partial charge in [0, 0.05) is 12.5 Å². The molecule has 0 aromatic carbocycles. The molecule has 1 aromatic rings. The molecule has 90 valence electrons. The van der Waals surface area contributed by atoms with E-state index in [-0.39, 0.29) is 6.04 Å². The average molecular weight is 224 g/mol. The number of oxazole rings is 1. The van der Waals surface area contributed by atoms with Gasteiger partial charge in [-0.05, 0) is 26.8 Å². The van der Waals surface area contributed by atoms with Crippen LogP contribution in [0, 0.1) is 0 Å². The molecule has 1 fully saturated rings. The van der Waals surface area contributed by atoms with Gasteiger partial charge in [-0.15, -0.1) is 0 Å². The zero-order valence-electron chi connectivity index (χ0n) is 10.2. The summed E-state index contributed by atoms with van der Waals surface area (Å²) in [5.74, 6) is 2.12. The Hall–Kier alpha value is -0.870. The summed E-state index contributed by atoms with van der Waals surface area (Å²) in [5, 5.41) is 3.12. The van der Waals surface area contributed by atoms with Gasteiger partial charge in [0.15, 0.2) is 0 Å². The van der Waals surface area contributed by atoms with Gasteiger partial charge in [0.1, 0.15) is 5.76 Å². The third-order valence-electron chi connectivity index (χ3n) is 3.32. The van der Waals surface area contributed by atoms with E-state index in [2.05, 4.69) is 17.2 Å². The molecule has 0 saturated carbocycles. The Balaban J connectivity index is 2.12. The molecule has 1 aliphatic rings. The van der Waals surface area contributed by atoms with Crippen LogP contribution < -0.4 is 5.32 Å². The highest BCUT2D eigenvalue weighted by atomic mass is 16.5. The van der Waals surface area contributed by atoms with Crippen molar-refractivity contribution in [2.45, 2.75) is 44.8 Å². The van der Waals surface area contributed by atoms with Gasteiger partial charge in [0.2, 0.25) is 5.89 Å². The topological polar surface area (TPSA) is 47.3 Å². The van der Waals surface area contributed by atoms with E-state index in [1.165, 1.54) is 0 Å². The second-order valence-corrected chi connectivity index (χ2v) is 4.32. The molecular formula is C12H20N2O2. The summed E-state index contributed by atoms with van der Waals surface area (Å²) in [4.78, 5) is 4.32. The molecule has 0 amide bonds. The lowest BCUT2D eigenvalue weighted by atomic mass is 9.97. The second-order valence-electron chi connectivity index (χ2n) is 4.32. The first-order chi connectivity index (χ1) is 7.76. The average Bonchev–Trinajstić information content (AvgIpc) is 2.95. The van der Waals surface area contributed by atoms with Crippen LogP contribution in [0.4, 0.5) is 0 Å². The van der Waals surface area contributed by atoms with Crippen LogP contribution in [0.3, 0.4) is 0 Å². The van der Waals surface area contributed by atoms with Gasteiger partial charge in [-0.3, -0.25) is 0 Å². The Morgan fingerprint density at radius 2 is 2.44 bits per heavy atom. The molecule has 2 heterocycles. The fourth-order valence-corrected chi connectivity index (χ4v) is 2.17. The van der Waals surface area contributed by atoms with Crippen molar-refractivity contribution in [2.24, 2.45) is 0 Å². The zero-order chi connectivity index (χ0) is 11.5. The number of ether oxygens (including phenoxy) is 1. The minimum Gasteiger partial charge on any atom is -0.444 e. The molecule has 0 aliphatic carbocycles. The molecule has 1 saturated heterocycles. The Morgan fingerprint density at radius 1 is 1.62 bits per heavy atom. The largest absolute Gasteiger partial charge is 0.444 e. The summed E-state index contributed by atoms with van der Waals surface area (Å²) in [6.45, 7) is 5.02. The van der Waals surface area contributed by atoms with Crippen molar-refractivity contribution in [3.05, 3.63) is 17.8 Å². The minimum absolute atomic E-state index is 0.163. The molecule has 3 unspecified atom stereocenters. The maximum Gasteiger partial charge on any atom is 0.211 e. The van der Waals surface area contributed by atoms with Crippen LogP contribution in [0.2, 0.25) is 0 Å². The number of rotatable bonds is 4. The molecule has 4 heteroatoms. The number of hydrogen-bond acceptors (Lipinski definition) is 4. The maximum atomic E-state index is 5.80. The van der Waals surface area contributed by atoms with Crippen LogP contribution in [0.1, 0.15) is 50.3 Å². The van der Waals surface area contributed by atoms with Gasteiger partial charge in [-0.2, -0.15) is 0 Å². The zero-order valence-corrected chi connectivity index (χ0v) is 10.2. The van der Waals surface area contributed by atoms with Gasteiger partial charge in [0.05, 0.1) is 18.3 Å². The molecule has 16 heavy (non-hydrogen) atoms. The SMILES string of the molecule is CCC1OCCC1c1cnc(C(C)NC)o1. The standard InChI is InChI=1S/C12H20N2O2/c1-4-10-9(5-6-15-10)11-7-14-12(16-11)8(2)13-3/h7-10,13H,4-6H2,1-3H3. The van der Waals surface area contributed by atoms with Crippen molar-refractivity contribution in [3.63, 3.8) is 0 Å². The predicted octanol–water partition coefficient (Wildman–Crippen LogP) is 2.24. The maximum absolute atomic E-state index is 5.80. The predicted molar refractivity (Wildman–Crippen MR) is 61.4 cm³/mol. The van der Waals surface area contributed by atoms with E-state index in [4.69, 9.17) is 9.15 Å². The highest BCUT2D eigenvalue weighted by molar-refractivity contribution is 5.07. The van der Waals surface area contributed by atoms with Crippen LogP contribution in [0.15, 0.2) is 10.6 Å². The molecule has 1 aliphatic heterocycles. The first-order valence-corrected chi connectivity index (χ1v) is 6.00. The number of nitrogens with zero attached hydrogens (tertiary/aromatic N) is 1. The van der Waals surface area contributed by atoms with Crippen molar-refractivity contribution >= 4 is 0 Å². The first-order valence-electron chi connectivity index (χ1n) is 6.00. The molecule has 0 spiro atoms. The molecular weight excluding hydrogens is 204 g/mol. The molecule has 4 nitrogen and oxygen atoms in total. The van der Waals surface area contributed by atoms with Gasteiger partial charge < -0.3 is 14.5 Å². The molecule has 0 bridgehead atoms. The second kappa shape index (κ2) is 4.97. The minimum atomic E-state index is 0.163. The molecule has 2 rings (SSSR count). The van der Waals surface area contributed by atoms with E-state index in [1.54, 1.807) is 0 Å². The van der Waals surface area contributed by atoms with Crippen LogP contribution in [0.5, 0.6) is 0 Å². The number of aromatic nitrogens is 1. The Bertz CT molecular complexity index is 338. The van der Waals surface area contributed by atoms with Crippen molar-refractivity contribution in [1.82, 2.24) is 10.3 Å². The Kier molecular flexibility index (Phi) is 3.61. The highest BCUT2D eigenvalue weighted by Gasteiger charge is 2.31. The van der Waals surface area contributed by atoms with Crippen LogP contribution in [0.25, 0.3) is 0 Å². The summed E-state index contributed by atoms with van der Waals surface area (Å²) < 4.78 is 11.5. The van der Waals surface area contributed by atoms with E-state index in [0.717, 1.165) is 31.1 Å². The number of nitrogens with one attached hydrogen (secondary N) is 1. The fourth-order valence-electron chi connectivity index (χ4n) is 2.17. The van der Waals surface area contributed by atoms with E-state index in [1.807, 2.05) is 20.2 Å². The van der Waals surface area contributed by atoms with E-state index in [0.29, 0.717) is 12.0 Å². The number of hydrogen-bond donors (Lipinski definition) is 1. The van der Waals surface area contributed by atoms with Crippen molar-refractivity contribution in [2.75, 3.05) is 13.7 Å². The Morgan fingerprint density at radius 3 is 3.12 bits per heavy atom. The van der Waals surface area contributed by atoms with Gasteiger partial charge >= 0.3 is 0 Å². The molecule has 3 atom stereocenters. The molecule has 1 N–H and O–H groups in total. The normalized spacial score (nSPS) is 27.2. The van der Waals surface area contributed by atoms with Crippen LogP contribution in [-0.2, 0) is 4.74 Å². The lowest BCUT2D eigenvalue weighted by Crippen LogP contribution is -2.13. The van der Waals surface area contributed by atoms with Crippen LogP contribution in [-0.4, -0.2) is 24.7 Å². The lowest BCUT2D eigenvalue weighted by Gasteiger charge is -2.13. The summed E-state index contributed by atoms with van der Waals surface area (Å²) in [6, 6.07) is 0.163. The van der Waals surface area contributed by atoms with Crippen molar-refractivity contribution < 1.29 is 9.15 Å². The molecule has 0 radical (unpaired) electrons. The summed E-state index contributed by atoms with van der Waals surface area (Å²) in [7, 11) is 1.90. The monoisotopic (exact) mass is 224 g/mol. The van der Waals surface area contributed by atoms with E-state index in [9.17, 15) is 0 Å². The third-order valence-corrected chi connectivity index (χ3v) is 3.32. The van der Waals surface area contributed by atoms with Crippen molar-refractivity contribution in [1.29, 1.82) is 0 Å². The Labute approximate surface area is 96.4 Å². The van der Waals surface area contributed by atoms with Gasteiger partial charge in [0.25, 0.3) is 0 Å². The smallest absolute Gasteiger partial charge is 0.211 e. The fraction of sp³-hybridized carbons (Fsp3) is 0.750. The van der Waals surface area contributed by atoms with E-state index >= 15 is 0 Å². The summed E-state index contributed by atoms with van der Waals surface area (Å²) in [5.41, 5.74) is 0. The summed E-state index contributed by atoms with van der Waals surface area (Å²) in [6.07, 6.45) is 4.22. The van der Waals surface area contributed by atoms with Gasteiger partial charge in [-0.1, -0.05) is 6.92 Å². The summed E-state index contributed by atoms with van der Waals surface area (Å²) >= 11 is 0. The van der Waals surface area contributed by atoms with E-state index < -0.39 is 0 Å². The first kappa shape index (κ1) is 11.6. The third kappa shape index (κ3) is 2.13. The highest BCUT2D eigenvalue weighted by Crippen LogP contribution is 2.33. The lowest BCUT2D eigenvalue weighted by molar-refractivity contribution is 0.0970.